The highest BCUT2D eigenvalue weighted by atomic mass is 32.1. The number of urea groups is 1. The smallest absolute Gasteiger partial charge is 0.321 e. The summed E-state index contributed by atoms with van der Waals surface area (Å²) in [4.78, 5) is 30.9. The zero-order valence-electron chi connectivity index (χ0n) is 15.7. The van der Waals surface area contributed by atoms with E-state index in [1.54, 1.807) is 11.1 Å². The number of carbonyl (C=O) groups is 2. The molecule has 1 unspecified atom stereocenters. The number of aryl methyl sites for hydroxylation is 1. The van der Waals surface area contributed by atoms with Crippen LogP contribution in [0, 0.1) is 0 Å². The van der Waals surface area contributed by atoms with E-state index in [-0.39, 0.29) is 18.0 Å². The van der Waals surface area contributed by atoms with E-state index in [0.717, 1.165) is 22.7 Å². The molecule has 1 aromatic heterocycles. The van der Waals surface area contributed by atoms with Crippen LogP contribution in [0.4, 0.5) is 10.5 Å². The lowest BCUT2D eigenvalue weighted by Gasteiger charge is -2.19. The molecule has 3 amide bonds. The maximum Gasteiger partial charge on any atom is 0.321 e. The minimum absolute atomic E-state index is 0.110. The molecule has 2 aromatic rings. The van der Waals surface area contributed by atoms with E-state index in [1.807, 2.05) is 52.0 Å². The van der Waals surface area contributed by atoms with E-state index in [4.69, 9.17) is 0 Å². The molecule has 1 aromatic carbocycles. The van der Waals surface area contributed by atoms with Gasteiger partial charge in [-0.3, -0.25) is 4.79 Å². The SMILES string of the molecule is CCc1ncc(C(=O)NC(C)c2ccc(NC(=O)N(CC)CC)cc2)s1. The van der Waals surface area contributed by atoms with Crippen molar-refractivity contribution < 1.29 is 9.59 Å². The molecule has 0 saturated carbocycles. The average Bonchev–Trinajstić information content (AvgIpc) is 3.12. The van der Waals surface area contributed by atoms with E-state index >= 15 is 0 Å². The molecule has 0 spiro atoms. The molecule has 1 atom stereocenters. The van der Waals surface area contributed by atoms with Gasteiger partial charge in [-0.05, 0) is 44.9 Å². The molecule has 26 heavy (non-hydrogen) atoms. The number of nitrogens with one attached hydrogen (secondary N) is 2. The van der Waals surface area contributed by atoms with Crippen molar-refractivity contribution in [3.63, 3.8) is 0 Å². The van der Waals surface area contributed by atoms with Crippen molar-refractivity contribution in [3.8, 4) is 0 Å². The third-order valence-electron chi connectivity index (χ3n) is 4.14. The summed E-state index contributed by atoms with van der Waals surface area (Å²) in [5.41, 5.74) is 1.71. The molecule has 0 saturated heterocycles. The quantitative estimate of drug-likeness (QED) is 0.767. The van der Waals surface area contributed by atoms with E-state index in [1.165, 1.54) is 11.3 Å². The predicted octanol–water partition coefficient (Wildman–Crippen LogP) is 4.07. The van der Waals surface area contributed by atoms with Crippen LogP contribution in [-0.4, -0.2) is 34.9 Å². The van der Waals surface area contributed by atoms with Crippen LogP contribution >= 0.6 is 11.3 Å². The fourth-order valence-electron chi connectivity index (χ4n) is 2.50. The number of rotatable bonds is 7. The van der Waals surface area contributed by atoms with E-state index in [2.05, 4.69) is 15.6 Å². The number of hydrogen-bond donors (Lipinski definition) is 2. The first-order valence-corrected chi connectivity index (χ1v) is 9.71. The monoisotopic (exact) mass is 374 g/mol. The van der Waals surface area contributed by atoms with Crippen molar-refractivity contribution in [2.24, 2.45) is 0 Å². The number of benzene rings is 1. The fourth-order valence-corrected chi connectivity index (χ4v) is 3.26. The summed E-state index contributed by atoms with van der Waals surface area (Å²) in [6.07, 6.45) is 2.45. The molecular formula is C19H26N4O2S. The summed E-state index contributed by atoms with van der Waals surface area (Å²) in [6.45, 7) is 9.18. The van der Waals surface area contributed by atoms with Crippen molar-refractivity contribution in [1.29, 1.82) is 0 Å². The van der Waals surface area contributed by atoms with E-state index in [9.17, 15) is 9.59 Å². The maximum absolute atomic E-state index is 12.3. The molecule has 2 N–H and O–H groups in total. The van der Waals surface area contributed by atoms with Gasteiger partial charge >= 0.3 is 6.03 Å². The van der Waals surface area contributed by atoms with E-state index < -0.39 is 0 Å². The number of anilines is 1. The maximum atomic E-state index is 12.3. The molecule has 7 heteroatoms. The van der Waals surface area contributed by atoms with Crippen molar-refractivity contribution >= 4 is 29.0 Å². The van der Waals surface area contributed by atoms with Crippen LogP contribution in [0.15, 0.2) is 30.5 Å². The summed E-state index contributed by atoms with van der Waals surface area (Å²) in [5.74, 6) is -0.117. The second-order valence-electron chi connectivity index (χ2n) is 5.89. The molecule has 0 aliphatic rings. The van der Waals surface area contributed by atoms with Gasteiger partial charge in [0, 0.05) is 18.8 Å². The number of aromatic nitrogens is 1. The number of nitrogens with zero attached hydrogens (tertiary/aromatic N) is 2. The molecule has 0 aliphatic heterocycles. The third-order valence-corrected chi connectivity index (χ3v) is 5.28. The summed E-state index contributed by atoms with van der Waals surface area (Å²) in [7, 11) is 0. The van der Waals surface area contributed by atoms with Gasteiger partial charge in [0.2, 0.25) is 0 Å². The Bertz CT molecular complexity index is 738. The van der Waals surface area contributed by atoms with Crippen molar-refractivity contribution in [1.82, 2.24) is 15.2 Å². The highest BCUT2D eigenvalue weighted by Crippen LogP contribution is 2.19. The van der Waals surface area contributed by atoms with Gasteiger partial charge in [-0.2, -0.15) is 0 Å². The highest BCUT2D eigenvalue weighted by Gasteiger charge is 2.14. The van der Waals surface area contributed by atoms with Crippen LogP contribution in [-0.2, 0) is 6.42 Å². The first-order chi connectivity index (χ1) is 12.5. The van der Waals surface area contributed by atoms with Crippen LogP contribution in [0.25, 0.3) is 0 Å². The summed E-state index contributed by atoms with van der Waals surface area (Å²) in [5, 5.41) is 6.82. The van der Waals surface area contributed by atoms with Crippen LogP contribution in [0.2, 0.25) is 0 Å². The topological polar surface area (TPSA) is 74.3 Å². The molecule has 1 heterocycles. The summed E-state index contributed by atoms with van der Waals surface area (Å²) < 4.78 is 0. The van der Waals surface area contributed by atoms with Gasteiger partial charge in [0.05, 0.1) is 17.2 Å². The molecule has 140 valence electrons. The Balaban J connectivity index is 1.96. The lowest BCUT2D eigenvalue weighted by Crippen LogP contribution is -2.34. The normalized spacial score (nSPS) is 11.7. The lowest BCUT2D eigenvalue weighted by atomic mass is 10.1. The second kappa shape index (κ2) is 9.33. The van der Waals surface area contributed by atoms with E-state index in [0.29, 0.717) is 18.0 Å². The number of carbonyl (C=O) groups excluding carboxylic acids is 2. The Morgan fingerprint density at radius 1 is 1.15 bits per heavy atom. The van der Waals surface area contributed by atoms with Gasteiger partial charge in [0.1, 0.15) is 4.88 Å². The lowest BCUT2D eigenvalue weighted by molar-refractivity contribution is 0.0943. The Morgan fingerprint density at radius 2 is 1.81 bits per heavy atom. The van der Waals surface area contributed by atoms with Crippen molar-refractivity contribution in [3.05, 3.63) is 45.9 Å². The predicted molar refractivity (Wildman–Crippen MR) is 106 cm³/mol. The molecule has 0 fully saturated rings. The average molecular weight is 375 g/mol. The Kier molecular flexibility index (Phi) is 7.15. The minimum atomic E-state index is -0.137. The van der Waals surface area contributed by atoms with Crippen molar-refractivity contribution in [2.45, 2.75) is 40.2 Å². The zero-order chi connectivity index (χ0) is 19.1. The first-order valence-electron chi connectivity index (χ1n) is 8.89. The minimum Gasteiger partial charge on any atom is -0.345 e. The van der Waals surface area contributed by atoms with Gasteiger partial charge in [-0.15, -0.1) is 11.3 Å². The number of amides is 3. The Hall–Kier alpha value is -2.41. The summed E-state index contributed by atoms with van der Waals surface area (Å²) >= 11 is 1.42. The highest BCUT2D eigenvalue weighted by molar-refractivity contribution is 7.13. The molecule has 2 rings (SSSR count). The number of hydrogen-bond acceptors (Lipinski definition) is 4. The Morgan fingerprint density at radius 3 is 2.35 bits per heavy atom. The molecular weight excluding hydrogens is 348 g/mol. The third kappa shape index (κ3) is 5.05. The van der Waals surface area contributed by atoms with Crippen molar-refractivity contribution in [2.75, 3.05) is 18.4 Å². The first kappa shape index (κ1) is 19.9. The van der Waals surface area contributed by atoms with Crippen LogP contribution < -0.4 is 10.6 Å². The number of thiazole rings is 1. The van der Waals surface area contributed by atoms with Crippen LogP contribution in [0.3, 0.4) is 0 Å². The molecule has 0 radical (unpaired) electrons. The fraction of sp³-hybridized carbons (Fsp3) is 0.421. The second-order valence-corrected chi connectivity index (χ2v) is 7.01. The largest absolute Gasteiger partial charge is 0.345 e. The van der Waals surface area contributed by atoms with Gasteiger partial charge < -0.3 is 15.5 Å². The van der Waals surface area contributed by atoms with Crippen LogP contribution in [0.1, 0.15) is 54.0 Å². The molecule has 6 nitrogen and oxygen atoms in total. The molecule has 0 aliphatic carbocycles. The van der Waals surface area contributed by atoms with Gasteiger partial charge in [-0.1, -0.05) is 19.1 Å². The molecule has 0 bridgehead atoms. The standard InChI is InChI=1S/C19H26N4O2S/c1-5-17-20-12-16(26-17)18(24)21-13(4)14-8-10-15(11-9-14)22-19(25)23(6-2)7-3/h8-13H,5-7H2,1-4H3,(H,21,24)(H,22,25). The van der Waals surface area contributed by atoms with Crippen LogP contribution in [0.5, 0.6) is 0 Å². The zero-order valence-corrected chi connectivity index (χ0v) is 16.5. The summed E-state index contributed by atoms with van der Waals surface area (Å²) in [6, 6.07) is 7.27. The Labute approximate surface area is 158 Å². The van der Waals surface area contributed by atoms with Gasteiger partial charge in [0.15, 0.2) is 0 Å². The van der Waals surface area contributed by atoms with Gasteiger partial charge in [0.25, 0.3) is 5.91 Å². The van der Waals surface area contributed by atoms with Gasteiger partial charge in [-0.25, -0.2) is 9.78 Å².